The number of thiophene rings is 1. The minimum atomic E-state index is -1.02. The topological polar surface area (TPSA) is 96.2 Å². The molecule has 5 N–H and O–H groups in total. The van der Waals surface area contributed by atoms with Crippen molar-refractivity contribution in [2.24, 2.45) is 5.73 Å². The Balaban J connectivity index is 1.86. The summed E-state index contributed by atoms with van der Waals surface area (Å²) in [5.41, 5.74) is 5.98. The Hall–Kier alpha value is -2.52. The fraction of sp³-hybridized carbons (Fsp3) is 0.294. The Morgan fingerprint density at radius 2 is 2.08 bits per heavy atom. The monoisotopic (exact) mass is 380 g/mol. The van der Waals surface area contributed by atoms with Crippen molar-refractivity contribution in [3.05, 3.63) is 41.0 Å². The van der Waals surface area contributed by atoms with E-state index in [0.717, 1.165) is 11.3 Å². The molecule has 0 unspecified atom stereocenters. The van der Waals surface area contributed by atoms with Crippen molar-refractivity contribution in [1.29, 1.82) is 0 Å². The number of nitrogens with two attached hydrogens (primary N) is 1. The maximum absolute atomic E-state index is 13.5. The summed E-state index contributed by atoms with van der Waals surface area (Å²) in [5.74, 6) is -0.851. The molecule has 1 aliphatic rings. The van der Waals surface area contributed by atoms with Crippen molar-refractivity contribution in [2.75, 3.05) is 18.4 Å². The van der Waals surface area contributed by atoms with E-state index in [1.54, 1.807) is 18.2 Å². The molecule has 26 heavy (non-hydrogen) atoms. The van der Waals surface area contributed by atoms with Crippen molar-refractivity contribution in [3.63, 3.8) is 0 Å². The smallest absolute Gasteiger partial charge is 0.316 e. The third kappa shape index (κ3) is 4.36. The van der Waals surface area contributed by atoms with Gasteiger partial charge in [0.2, 0.25) is 0 Å². The number of benzene rings is 1. The van der Waals surface area contributed by atoms with E-state index in [1.807, 2.05) is 0 Å². The van der Waals surface area contributed by atoms with Crippen LogP contribution in [0.1, 0.15) is 16.1 Å². The molecular formula is C17H18F2N4O2S. The molecule has 1 aliphatic heterocycles. The first-order valence-corrected chi connectivity index (χ1v) is 8.86. The first kappa shape index (κ1) is 18.3. The summed E-state index contributed by atoms with van der Waals surface area (Å²) in [7, 11) is 0. The number of hydrogen-bond donors (Lipinski definition) is 4. The molecule has 1 aromatic heterocycles. The third-order valence-corrected chi connectivity index (χ3v) is 5.12. The number of urea groups is 1. The number of hydrogen-bond acceptors (Lipinski definition) is 4. The Labute approximate surface area is 152 Å². The number of carbonyl (C=O) groups is 2. The number of primary amides is 1. The lowest BCUT2D eigenvalue weighted by Gasteiger charge is -2.26. The fourth-order valence-electron chi connectivity index (χ4n) is 2.82. The lowest BCUT2D eigenvalue weighted by Crippen LogP contribution is -2.49. The van der Waals surface area contributed by atoms with Crippen LogP contribution in [0, 0.1) is 5.82 Å². The zero-order valence-electron chi connectivity index (χ0n) is 13.7. The summed E-state index contributed by atoms with van der Waals surface area (Å²) in [6.45, 7) is 0.733. The highest BCUT2D eigenvalue weighted by molar-refractivity contribution is 7.18. The molecule has 138 valence electrons. The number of halogens is 2. The summed E-state index contributed by atoms with van der Waals surface area (Å²) in [6.07, 6.45) is -0.803. The summed E-state index contributed by atoms with van der Waals surface area (Å²) in [5, 5.41) is 8.08. The van der Waals surface area contributed by atoms with Gasteiger partial charge in [0.25, 0.3) is 5.91 Å². The van der Waals surface area contributed by atoms with E-state index in [9.17, 15) is 18.4 Å². The number of anilines is 1. The lowest BCUT2D eigenvalue weighted by molar-refractivity contribution is 0.0923. The Kier molecular flexibility index (Phi) is 5.48. The van der Waals surface area contributed by atoms with Crippen molar-refractivity contribution >= 4 is 29.0 Å². The summed E-state index contributed by atoms with van der Waals surface area (Å²) in [4.78, 5) is 24.7. The minimum absolute atomic E-state index is 0.222. The minimum Gasteiger partial charge on any atom is -0.351 e. The number of alkyl halides is 1. The van der Waals surface area contributed by atoms with Gasteiger partial charge in [-0.2, -0.15) is 0 Å². The number of rotatable bonds is 4. The molecule has 6 nitrogen and oxygen atoms in total. The van der Waals surface area contributed by atoms with Gasteiger partial charge in [-0.05, 0) is 23.8 Å². The molecule has 0 radical (unpaired) electrons. The lowest BCUT2D eigenvalue weighted by atomic mass is 10.1. The second-order valence-electron chi connectivity index (χ2n) is 6.01. The number of piperidine rings is 1. The SMILES string of the molecule is NC(=O)Nc1cc(-c2cccc(F)c2)sc1C(=O)N[C@H]1CNC[C@H](F)C1. The molecule has 3 rings (SSSR count). The molecule has 0 aliphatic carbocycles. The maximum Gasteiger partial charge on any atom is 0.316 e. The van der Waals surface area contributed by atoms with Crippen LogP contribution >= 0.6 is 11.3 Å². The highest BCUT2D eigenvalue weighted by Gasteiger charge is 2.25. The van der Waals surface area contributed by atoms with E-state index in [-0.39, 0.29) is 29.6 Å². The van der Waals surface area contributed by atoms with Crippen LogP contribution < -0.4 is 21.7 Å². The molecule has 1 saturated heterocycles. The van der Waals surface area contributed by atoms with Gasteiger partial charge < -0.3 is 21.7 Å². The van der Waals surface area contributed by atoms with Crippen molar-refractivity contribution < 1.29 is 18.4 Å². The van der Waals surface area contributed by atoms with Gasteiger partial charge in [0, 0.05) is 30.4 Å². The second kappa shape index (κ2) is 7.79. The molecule has 9 heteroatoms. The average molecular weight is 380 g/mol. The van der Waals surface area contributed by atoms with Crippen LogP contribution in [0.25, 0.3) is 10.4 Å². The van der Waals surface area contributed by atoms with Gasteiger partial charge >= 0.3 is 6.03 Å². The molecule has 1 fully saturated rings. The van der Waals surface area contributed by atoms with Crippen molar-refractivity contribution in [3.8, 4) is 10.4 Å². The maximum atomic E-state index is 13.5. The summed E-state index contributed by atoms with van der Waals surface area (Å²) < 4.78 is 26.9. The normalized spacial score (nSPS) is 19.8. The Morgan fingerprint density at radius 3 is 2.77 bits per heavy atom. The molecular weight excluding hydrogens is 362 g/mol. The largest absolute Gasteiger partial charge is 0.351 e. The second-order valence-corrected chi connectivity index (χ2v) is 7.07. The molecule has 3 amide bonds. The molecule has 0 spiro atoms. The van der Waals surface area contributed by atoms with Gasteiger partial charge in [0.15, 0.2) is 0 Å². The summed E-state index contributed by atoms with van der Waals surface area (Å²) in [6, 6.07) is 6.30. The zero-order valence-corrected chi connectivity index (χ0v) is 14.5. The Morgan fingerprint density at radius 1 is 1.27 bits per heavy atom. The quantitative estimate of drug-likeness (QED) is 0.656. The average Bonchev–Trinajstić information content (AvgIpc) is 2.98. The number of carbonyl (C=O) groups excluding carboxylic acids is 2. The van der Waals surface area contributed by atoms with Crippen LogP contribution in [0.3, 0.4) is 0 Å². The van der Waals surface area contributed by atoms with Crippen molar-refractivity contribution in [2.45, 2.75) is 18.6 Å². The fourth-order valence-corrected chi connectivity index (χ4v) is 3.83. The third-order valence-electron chi connectivity index (χ3n) is 3.94. The molecule has 2 atom stereocenters. The standard InChI is InChI=1S/C17H18F2N4O2S/c18-10-3-1-2-9(4-10)14-6-13(23-17(20)25)15(26-14)16(24)22-12-5-11(19)7-21-8-12/h1-4,6,11-12,21H,5,7-8H2,(H,22,24)(H3,20,23,25)/t11-,12-/m1/s1. The number of amides is 3. The van der Waals surface area contributed by atoms with Gasteiger partial charge in [-0.15, -0.1) is 11.3 Å². The van der Waals surface area contributed by atoms with Crippen LogP contribution in [0.5, 0.6) is 0 Å². The zero-order chi connectivity index (χ0) is 18.7. The molecule has 2 aromatic rings. The van der Waals surface area contributed by atoms with Crippen LogP contribution in [-0.4, -0.2) is 37.2 Å². The molecule has 0 bridgehead atoms. The highest BCUT2D eigenvalue weighted by atomic mass is 32.1. The van der Waals surface area contributed by atoms with Gasteiger partial charge in [-0.25, -0.2) is 13.6 Å². The van der Waals surface area contributed by atoms with Crippen LogP contribution in [0.4, 0.5) is 19.3 Å². The first-order chi connectivity index (χ1) is 12.4. The van der Waals surface area contributed by atoms with Gasteiger partial charge in [0.1, 0.15) is 16.9 Å². The van der Waals surface area contributed by atoms with E-state index >= 15 is 0 Å². The van der Waals surface area contributed by atoms with E-state index < -0.39 is 23.9 Å². The van der Waals surface area contributed by atoms with Gasteiger partial charge in [0.05, 0.1) is 5.69 Å². The molecule has 1 aromatic carbocycles. The molecule has 2 heterocycles. The predicted octanol–water partition coefficient (Wildman–Crippen LogP) is 2.47. The summed E-state index contributed by atoms with van der Waals surface area (Å²) >= 11 is 1.10. The van der Waals surface area contributed by atoms with E-state index in [1.165, 1.54) is 12.1 Å². The first-order valence-electron chi connectivity index (χ1n) is 8.04. The van der Waals surface area contributed by atoms with Crippen LogP contribution in [-0.2, 0) is 0 Å². The van der Waals surface area contributed by atoms with Crippen LogP contribution in [0.2, 0.25) is 0 Å². The van der Waals surface area contributed by atoms with Gasteiger partial charge in [-0.1, -0.05) is 12.1 Å². The highest BCUT2D eigenvalue weighted by Crippen LogP contribution is 2.35. The predicted molar refractivity (Wildman–Crippen MR) is 96.6 cm³/mol. The Bertz CT molecular complexity index is 827. The van der Waals surface area contributed by atoms with Gasteiger partial charge in [-0.3, -0.25) is 4.79 Å². The van der Waals surface area contributed by atoms with Crippen LogP contribution in [0.15, 0.2) is 30.3 Å². The van der Waals surface area contributed by atoms with E-state index in [2.05, 4.69) is 16.0 Å². The van der Waals surface area contributed by atoms with Crippen molar-refractivity contribution in [1.82, 2.24) is 10.6 Å². The number of nitrogens with one attached hydrogen (secondary N) is 3. The molecule has 0 saturated carbocycles. The van der Waals surface area contributed by atoms with E-state index in [0.29, 0.717) is 17.0 Å². The van der Waals surface area contributed by atoms with E-state index in [4.69, 9.17) is 5.73 Å².